The highest BCUT2D eigenvalue weighted by Gasteiger charge is 2.10. The van der Waals surface area contributed by atoms with E-state index in [1.165, 1.54) is 11.1 Å². The Bertz CT molecular complexity index is 456. The first-order valence-corrected chi connectivity index (χ1v) is 5.71. The zero-order valence-corrected chi connectivity index (χ0v) is 11.1. The molecule has 0 aliphatic heterocycles. The van der Waals surface area contributed by atoms with E-state index in [0.29, 0.717) is 0 Å². The molecule has 0 aromatic heterocycles. The molecule has 0 amide bonds. The molecule has 0 heterocycles. The summed E-state index contributed by atoms with van der Waals surface area (Å²) < 4.78 is 0. The van der Waals surface area contributed by atoms with Crippen LogP contribution in [0.1, 0.15) is 25.0 Å². The predicted molar refractivity (Wildman–Crippen MR) is 75.9 cm³/mol. The van der Waals surface area contributed by atoms with E-state index < -0.39 is 0 Å². The molecular formula is C15H20N2. The van der Waals surface area contributed by atoms with E-state index in [1.54, 1.807) is 0 Å². The van der Waals surface area contributed by atoms with E-state index in [0.717, 1.165) is 11.4 Å². The van der Waals surface area contributed by atoms with Crippen LogP contribution in [0.15, 0.2) is 47.2 Å². The fraction of sp³-hybridized carbons (Fsp3) is 0.267. The zero-order valence-electron chi connectivity index (χ0n) is 11.1. The Morgan fingerprint density at radius 2 is 2.00 bits per heavy atom. The first-order valence-electron chi connectivity index (χ1n) is 5.71. The van der Waals surface area contributed by atoms with Gasteiger partial charge in [0.25, 0.3) is 0 Å². The fourth-order valence-corrected chi connectivity index (χ4v) is 1.85. The van der Waals surface area contributed by atoms with Crippen molar-refractivity contribution in [1.29, 1.82) is 0 Å². The van der Waals surface area contributed by atoms with Gasteiger partial charge in [-0.2, -0.15) is 0 Å². The molecular weight excluding hydrogens is 208 g/mol. The summed E-state index contributed by atoms with van der Waals surface area (Å²) >= 11 is 0. The third kappa shape index (κ3) is 3.06. The van der Waals surface area contributed by atoms with Crippen LogP contribution in [0.5, 0.6) is 0 Å². The van der Waals surface area contributed by atoms with Gasteiger partial charge in [0, 0.05) is 12.6 Å². The standard InChI is InChI=1S/C15H20N2/c1-6-11-17(5)15(13(3)16-4)14-10-8-7-9-12(14)2/h6-11H,4H2,1-3,5H3/b11-6-,15-13-. The molecule has 2 heteroatoms. The molecule has 1 rings (SSSR count). The van der Waals surface area contributed by atoms with Crippen molar-refractivity contribution in [1.82, 2.24) is 4.90 Å². The highest BCUT2D eigenvalue weighted by molar-refractivity contribution is 5.70. The molecule has 0 aliphatic carbocycles. The summed E-state index contributed by atoms with van der Waals surface area (Å²) in [5.74, 6) is 0. The van der Waals surface area contributed by atoms with Gasteiger partial charge < -0.3 is 4.90 Å². The number of aryl methyl sites for hydroxylation is 1. The lowest BCUT2D eigenvalue weighted by Crippen LogP contribution is -2.11. The SMILES string of the molecule is C=N/C(C)=C(/c1ccccc1C)N(C)/C=C\C. The lowest BCUT2D eigenvalue weighted by molar-refractivity contribution is 0.647. The number of hydrogen-bond donors (Lipinski definition) is 0. The third-order valence-corrected chi connectivity index (χ3v) is 2.71. The van der Waals surface area contributed by atoms with Crippen LogP contribution in [0.4, 0.5) is 0 Å². The molecule has 90 valence electrons. The molecule has 2 nitrogen and oxygen atoms in total. The van der Waals surface area contributed by atoms with E-state index in [9.17, 15) is 0 Å². The van der Waals surface area contributed by atoms with Crippen molar-refractivity contribution < 1.29 is 0 Å². The van der Waals surface area contributed by atoms with Crippen molar-refractivity contribution in [2.75, 3.05) is 7.05 Å². The second kappa shape index (κ2) is 6.04. The number of allylic oxidation sites excluding steroid dienone is 2. The Hall–Kier alpha value is -1.83. The summed E-state index contributed by atoms with van der Waals surface area (Å²) in [5, 5.41) is 0. The van der Waals surface area contributed by atoms with E-state index in [-0.39, 0.29) is 0 Å². The van der Waals surface area contributed by atoms with Crippen LogP contribution in [-0.2, 0) is 0 Å². The van der Waals surface area contributed by atoms with Crippen molar-refractivity contribution in [3.05, 3.63) is 53.4 Å². The van der Waals surface area contributed by atoms with Gasteiger partial charge in [-0.3, -0.25) is 4.99 Å². The second-order valence-corrected chi connectivity index (χ2v) is 4.00. The number of benzene rings is 1. The Morgan fingerprint density at radius 3 is 2.53 bits per heavy atom. The lowest BCUT2D eigenvalue weighted by Gasteiger charge is -2.21. The minimum absolute atomic E-state index is 0.930. The van der Waals surface area contributed by atoms with Crippen LogP contribution < -0.4 is 0 Å². The highest BCUT2D eigenvalue weighted by Crippen LogP contribution is 2.25. The zero-order chi connectivity index (χ0) is 12.8. The maximum Gasteiger partial charge on any atom is 0.0695 e. The topological polar surface area (TPSA) is 15.6 Å². The quantitative estimate of drug-likeness (QED) is 0.715. The van der Waals surface area contributed by atoms with Crippen LogP contribution >= 0.6 is 0 Å². The number of rotatable bonds is 4. The highest BCUT2D eigenvalue weighted by atomic mass is 15.1. The molecule has 0 saturated heterocycles. The molecule has 0 spiro atoms. The van der Waals surface area contributed by atoms with E-state index in [1.807, 2.05) is 45.3 Å². The first-order chi connectivity index (χ1) is 8.11. The normalized spacial score (nSPS) is 12.5. The van der Waals surface area contributed by atoms with E-state index in [4.69, 9.17) is 0 Å². The molecule has 0 radical (unpaired) electrons. The average molecular weight is 228 g/mol. The van der Waals surface area contributed by atoms with Gasteiger partial charge in [-0.1, -0.05) is 30.3 Å². The minimum atomic E-state index is 0.930. The smallest absolute Gasteiger partial charge is 0.0695 e. The summed E-state index contributed by atoms with van der Waals surface area (Å²) in [6.45, 7) is 9.71. The monoisotopic (exact) mass is 228 g/mol. The Balaban J connectivity index is 3.36. The number of hydrogen-bond acceptors (Lipinski definition) is 2. The van der Waals surface area contributed by atoms with Gasteiger partial charge in [0.2, 0.25) is 0 Å². The maximum absolute atomic E-state index is 4.06. The van der Waals surface area contributed by atoms with Gasteiger partial charge in [-0.05, 0) is 39.3 Å². The molecule has 0 atom stereocenters. The van der Waals surface area contributed by atoms with Crippen LogP contribution in [0.3, 0.4) is 0 Å². The van der Waals surface area contributed by atoms with Crippen molar-refractivity contribution >= 4 is 12.4 Å². The maximum atomic E-state index is 4.06. The van der Waals surface area contributed by atoms with Crippen LogP contribution in [-0.4, -0.2) is 18.7 Å². The van der Waals surface area contributed by atoms with Crippen molar-refractivity contribution in [2.45, 2.75) is 20.8 Å². The molecule has 0 saturated carbocycles. The summed E-state index contributed by atoms with van der Waals surface area (Å²) in [6.07, 6.45) is 4.03. The molecule has 0 N–H and O–H groups in total. The van der Waals surface area contributed by atoms with Crippen LogP contribution in [0.2, 0.25) is 0 Å². The lowest BCUT2D eigenvalue weighted by atomic mass is 10.0. The van der Waals surface area contributed by atoms with Crippen molar-refractivity contribution in [3.8, 4) is 0 Å². The molecule has 0 fully saturated rings. The van der Waals surface area contributed by atoms with Crippen LogP contribution in [0, 0.1) is 6.92 Å². The van der Waals surface area contributed by atoms with Gasteiger partial charge in [0.05, 0.1) is 11.4 Å². The van der Waals surface area contributed by atoms with Gasteiger partial charge in [0.15, 0.2) is 0 Å². The molecule has 1 aromatic rings. The van der Waals surface area contributed by atoms with Gasteiger partial charge in [-0.25, -0.2) is 0 Å². The van der Waals surface area contributed by atoms with Crippen molar-refractivity contribution in [2.24, 2.45) is 4.99 Å². The van der Waals surface area contributed by atoms with E-state index >= 15 is 0 Å². The average Bonchev–Trinajstić information content (AvgIpc) is 2.32. The molecule has 17 heavy (non-hydrogen) atoms. The molecule has 0 aliphatic rings. The Kier molecular flexibility index (Phi) is 4.70. The summed E-state index contributed by atoms with van der Waals surface area (Å²) in [6, 6.07) is 8.31. The summed E-state index contributed by atoms with van der Waals surface area (Å²) in [4.78, 5) is 6.14. The first kappa shape index (κ1) is 13.2. The largest absolute Gasteiger partial charge is 0.349 e. The second-order valence-electron chi connectivity index (χ2n) is 4.00. The Morgan fingerprint density at radius 1 is 1.35 bits per heavy atom. The predicted octanol–water partition coefficient (Wildman–Crippen LogP) is 3.85. The van der Waals surface area contributed by atoms with Gasteiger partial charge >= 0.3 is 0 Å². The summed E-state index contributed by atoms with van der Waals surface area (Å²) in [7, 11) is 2.02. The van der Waals surface area contributed by atoms with Crippen molar-refractivity contribution in [3.63, 3.8) is 0 Å². The van der Waals surface area contributed by atoms with Crippen LogP contribution in [0.25, 0.3) is 5.70 Å². The van der Waals surface area contributed by atoms with E-state index in [2.05, 4.69) is 35.7 Å². The fourth-order valence-electron chi connectivity index (χ4n) is 1.85. The Labute approximate surface area is 104 Å². The summed E-state index contributed by atoms with van der Waals surface area (Å²) in [5.41, 5.74) is 4.45. The number of aliphatic imine (C=N–C) groups is 1. The molecule has 0 unspecified atom stereocenters. The molecule has 1 aromatic carbocycles. The number of nitrogens with zero attached hydrogens (tertiary/aromatic N) is 2. The van der Waals surface area contributed by atoms with Gasteiger partial charge in [0.1, 0.15) is 0 Å². The van der Waals surface area contributed by atoms with Gasteiger partial charge in [-0.15, -0.1) is 0 Å². The third-order valence-electron chi connectivity index (χ3n) is 2.71. The minimum Gasteiger partial charge on any atom is -0.349 e. The molecule has 0 bridgehead atoms.